The number of nitrogens with one attached hydrogen (secondary N) is 1. The highest BCUT2D eigenvalue weighted by atomic mass is 16.6. The molecule has 1 N–H and O–H groups in total. The first-order valence-electron chi connectivity index (χ1n) is 9.98. The van der Waals surface area contributed by atoms with E-state index in [4.69, 9.17) is 14.2 Å². The van der Waals surface area contributed by atoms with Crippen LogP contribution in [0.2, 0.25) is 0 Å². The summed E-state index contributed by atoms with van der Waals surface area (Å²) in [7, 11) is 1.63. The first-order valence-corrected chi connectivity index (χ1v) is 9.98. The molecule has 0 aliphatic carbocycles. The molecule has 1 fully saturated rings. The number of benzene rings is 1. The quantitative estimate of drug-likeness (QED) is 0.795. The number of alkyl carbamates (subject to hydrolysis) is 1. The van der Waals surface area contributed by atoms with Crippen molar-refractivity contribution in [1.82, 2.24) is 20.2 Å². The summed E-state index contributed by atoms with van der Waals surface area (Å²) in [6, 6.07) is 5.74. The van der Waals surface area contributed by atoms with Crippen LogP contribution in [0.3, 0.4) is 0 Å². The third-order valence-electron chi connectivity index (χ3n) is 4.69. The first kappa shape index (κ1) is 21.1. The molecule has 0 bridgehead atoms. The number of aromatic nitrogens is 2. The highest BCUT2D eigenvalue weighted by molar-refractivity contribution is 5.76. The summed E-state index contributed by atoms with van der Waals surface area (Å²) in [6.45, 7) is 8.75. The molecule has 1 amide bonds. The Kier molecular flexibility index (Phi) is 6.74. The third-order valence-corrected chi connectivity index (χ3v) is 4.69. The Hall–Kier alpha value is -2.61. The van der Waals surface area contributed by atoms with E-state index in [0.717, 1.165) is 49.3 Å². The predicted molar refractivity (Wildman–Crippen MR) is 110 cm³/mol. The van der Waals surface area contributed by atoms with Crippen LogP contribution in [0.15, 0.2) is 24.4 Å². The number of fused-ring (bicyclic) bond motifs is 1. The lowest BCUT2D eigenvalue weighted by Gasteiger charge is -2.32. The molecule has 1 aliphatic rings. The van der Waals surface area contributed by atoms with Crippen molar-refractivity contribution in [2.75, 3.05) is 33.4 Å². The van der Waals surface area contributed by atoms with E-state index in [0.29, 0.717) is 12.5 Å². The van der Waals surface area contributed by atoms with Gasteiger partial charge in [-0.05, 0) is 45.7 Å². The van der Waals surface area contributed by atoms with E-state index in [1.165, 1.54) is 0 Å². The number of carbonyl (C=O) groups is 1. The summed E-state index contributed by atoms with van der Waals surface area (Å²) in [5, 5.41) is 2.96. The summed E-state index contributed by atoms with van der Waals surface area (Å²) in [6.07, 6.45) is 3.10. The Balaban J connectivity index is 1.40. The molecule has 29 heavy (non-hydrogen) atoms. The van der Waals surface area contributed by atoms with Gasteiger partial charge in [0.2, 0.25) is 5.88 Å². The molecule has 1 saturated heterocycles. The zero-order chi connectivity index (χ0) is 20.9. The second kappa shape index (κ2) is 9.26. The van der Waals surface area contributed by atoms with Crippen LogP contribution in [-0.2, 0) is 4.74 Å². The van der Waals surface area contributed by atoms with Crippen molar-refractivity contribution < 1.29 is 19.0 Å². The van der Waals surface area contributed by atoms with Gasteiger partial charge >= 0.3 is 6.09 Å². The van der Waals surface area contributed by atoms with E-state index in [2.05, 4.69) is 20.2 Å². The zero-order valence-electron chi connectivity index (χ0n) is 17.6. The molecule has 8 nitrogen and oxygen atoms in total. The van der Waals surface area contributed by atoms with Gasteiger partial charge in [-0.15, -0.1) is 0 Å². The summed E-state index contributed by atoms with van der Waals surface area (Å²) < 4.78 is 16.3. The zero-order valence-corrected chi connectivity index (χ0v) is 17.6. The van der Waals surface area contributed by atoms with Crippen molar-refractivity contribution in [3.8, 4) is 11.6 Å². The number of nitrogens with zero attached hydrogens (tertiary/aromatic N) is 3. The highest BCUT2D eigenvalue weighted by Gasteiger charge is 2.23. The molecule has 3 rings (SSSR count). The fraction of sp³-hybridized carbons (Fsp3) is 0.571. The van der Waals surface area contributed by atoms with Crippen molar-refractivity contribution in [3.05, 3.63) is 24.4 Å². The largest absolute Gasteiger partial charge is 0.497 e. The van der Waals surface area contributed by atoms with Gasteiger partial charge in [0.25, 0.3) is 0 Å². The van der Waals surface area contributed by atoms with E-state index in [-0.39, 0.29) is 12.1 Å². The molecule has 0 spiro atoms. The van der Waals surface area contributed by atoms with Crippen LogP contribution < -0.4 is 14.8 Å². The molecule has 0 radical (unpaired) electrons. The molecule has 8 heteroatoms. The summed E-state index contributed by atoms with van der Waals surface area (Å²) >= 11 is 0. The number of ether oxygens (including phenoxy) is 3. The van der Waals surface area contributed by atoms with Crippen LogP contribution in [0.4, 0.5) is 4.79 Å². The Bertz CT molecular complexity index is 829. The first-order chi connectivity index (χ1) is 13.8. The van der Waals surface area contributed by atoms with E-state index in [1.807, 2.05) is 39.0 Å². The van der Waals surface area contributed by atoms with Crippen molar-refractivity contribution in [2.24, 2.45) is 0 Å². The molecular formula is C21H30N4O4. The number of carbonyl (C=O) groups excluding carboxylic acids is 1. The topological polar surface area (TPSA) is 85.8 Å². The van der Waals surface area contributed by atoms with Crippen molar-refractivity contribution in [1.29, 1.82) is 0 Å². The maximum absolute atomic E-state index is 11.9. The van der Waals surface area contributed by atoms with Crippen LogP contribution >= 0.6 is 0 Å². The number of likely N-dealkylation sites (tertiary alicyclic amines) is 1. The van der Waals surface area contributed by atoms with Gasteiger partial charge in [-0.2, -0.15) is 0 Å². The van der Waals surface area contributed by atoms with Crippen LogP contribution in [-0.4, -0.2) is 66.0 Å². The van der Waals surface area contributed by atoms with Crippen molar-refractivity contribution in [3.63, 3.8) is 0 Å². The summed E-state index contributed by atoms with van der Waals surface area (Å²) in [5.74, 6) is 1.25. The minimum Gasteiger partial charge on any atom is -0.497 e. The maximum atomic E-state index is 11.9. The number of methoxy groups -OCH3 is 1. The van der Waals surface area contributed by atoms with Gasteiger partial charge in [0.15, 0.2) is 0 Å². The molecule has 1 aromatic heterocycles. The number of amides is 1. The maximum Gasteiger partial charge on any atom is 0.407 e. The number of hydrogen-bond donors (Lipinski definition) is 1. The fourth-order valence-corrected chi connectivity index (χ4v) is 3.23. The van der Waals surface area contributed by atoms with E-state index in [9.17, 15) is 4.79 Å². The van der Waals surface area contributed by atoms with Crippen LogP contribution in [0, 0.1) is 0 Å². The smallest absolute Gasteiger partial charge is 0.407 e. The molecule has 1 aromatic carbocycles. The average molecular weight is 402 g/mol. The van der Waals surface area contributed by atoms with Gasteiger partial charge in [0.05, 0.1) is 24.3 Å². The molecule has 1 aliphatic heterocycles. The second-order valence-electron chi connectivity index (χ2n) is 8.17. The van der Waals surface area contributed by atoms with Gasteiger partial charge in [-0.3, -0.25) is 4.90 Å². The molecular weight excluding hydrogens is 372 g/mol. The fourth-order valence-electron chi connectivity index (χ4n) is 3.23. The highest BCUT2D eigenvalue weighted by Crippen LogP contribution is 2.19. The molecule has 0 saturated carbocycles. The molecule has 2 heterocycles. The lowest BCUT2D eigenvalue weighted by Crippen LogP contribution is -2.46. The minimum absolute atomic E-state index is 0.156. The van der Waals surface area contributed by atoms with Gasteiger partial charge in [0.1, 0.15) is 18.0 Å². The normalized spacial score (nSPS) is 15.9. The lowest BCUT2D eigenvalue weighted by atomic mass is 10.1. The molecule has 0 unspecified atom stereocenters. The molecule has 0 atom stereocenters. The Morgan fingerprint density at radius 1 is 1.24 bits per heavy atom. The SMILES string of the molecule is COc1ccc2ncc(OCCN3CCC(NC(=O)OC(C)(C)C)CC3)nc2c1. The third kappa shape index (κ3) is 6.45. The number of rotatable bonds is 6. The van der Waals surface area contributed by atoms with Crippen LogP contribution in [0.1, 0.15) is 33.6 Å². The average Bonchev–Trinajstić information content (AvgIpc) is 2.67. The van der Waals surface area contributed by atoms with Crippen LogP contribution in [0.5, 0.6) is 11.6 Å². The number of piperidine rings is 1. The van der Waals surface area contributed by atoms with E-state index in [1.54, 1.807) is 13.3 Å². The predicted octanol–water partition coefficient (Wildman–Crippen LogP) is 3.01. The second-order valence-corrected chi connectivity index (χ2v) is 8.17. The Labute approximate surface area is 171 Å². The molecule has 158 valence electrons. The standard InChI is InChI=1S/C21H30N4O4/c1-21(2,3)29-20(26)23-15-7-9-25(10-8-15)11-12-28-19-14-22-17-6-5-16(27-4)13-18(17)24-19/h5-6,13-15H,7-12H2,1-4H3,(H,23,26). The van der Waals surface area contributed by atoms with Gasteiger partial charge < -0.3 is 19.5 Å². The minimum atomic E-state index is -0.473. The van der Waals surface area contributed by atoms with Gasteiger partial charge in [-0.1, -0.05) is 0 Å². The van der Waals surface area contributed by atoms with Crippen molar-refractivity contribution in [2.45, 2.75) is 45.3 Å². The molecule has 2 aromatic rings. The van der Waals surface area contributed by atoms with Crippen molar-refractivity contribution >= 4 is 17.1 Å². The van der Waals surface area contributed by atoms with E-state index >= 15 is 0 Å². The van der Waals surface area contributed by atoms with Gasteiger partial charge in [-0.25, -0.2) is 14.8 Å². The summed E-state index contributed by atoms with van der Waals surface area (Å²) in [5.41, 5.74) is 1.08. The van der Waals surface area contributed by atoms with E-state index < -0.39 is 5.60 Å². The summed E-state index contributed by atoms with van der Waals surface area (Å²) in [4.78, 5) is 23.1. The Morgan fingerprint density at radius 3 is 2.69 bits per heavy atom. The van der Waals surface area contributed by atoms with Gasteiger partial charge in [0, 0.05) is 31.7 Å². The Morgan fingerprint density at radius 2 is 2.00 bits per heavy atom. The van der Waals surface area contributed by atoms with Crippen LogP contribution in [0.25, 0.3) is 11.0 Å². The monoisotopic (exact) mass is 402 g/mol. The lowest BCUT2D eigenvalue weighted by molar-refractivity contribution is 0.0476. The number of hydrogen-bond acceptors (Lipinski definition) is 7.